The van der Waals surface area contributed by atoms with Gasteiger partial charge in [-0.25, -0.2) is 15.0 Å². The van der Waals surface area contributed by atoms with Gasteiger partial charge in [-0.1, -0.05) is 0 Å². The fourth-order valence-corrected chi connectivity index (χ4v) is 2.92. The summed E-state index contributed by atoms with van der Waals surface area (Å²) in [6, 6.07) is 1.97. The molecule has 19 heavy (non-hydrogen) atoms. The Labute approximate surface area is 116 Å². The van der Waals surface area contributed by atoms with Gasteiger partial charge in [0, 0.05) is 44.3 Å². The Morgan fingerprint density at radius 3 is 2.74 bits per heavy atom. The van der Waals surface area contributed by atoms with E-state index in [1.165, 1.54) is 5.69 Å². The molecule has 0 amide bonds. The van der Waals surface area contributed by atoms with E-state index in [9.17, 15) is 0 Å². The lowest BCUT2D eigenvalue weighted by Gasteiger charge is -2.34. The number of thiazole rings is 1. The molecule has 0 spiro atoms. The first-order valence-electron chi connectivity index (χ1n) is 6.45. The second-order valence-corrected chi connectivity index (χ2v) is 5.75. The van der Waals surface area contributed by atoms with Crippen LogP contribution < -0.4 is 4.90 Å². The van der Waals surface area contributed by atoms with E-state index in [4.69, 9.17) is 0 Å². The van der Waals surface area contributed by atoms with Crippen LogP contribution in [0, 0.1) is 6.92 Å². The molecule has 100 valence electrons. The van der Waals surface area contributed by atoms with Gasteiger partial charge in [-0.2, -0.15) is 0 Å². The maximum absolute atomic E-state index is 4.52. The summed E-state index contributed by atoms with van der Waals surface area (Å²) in [6.45, 7) is 7.16. The van der Waals surface area contributed by atoms with Gasteiger partial charge in [-0.05, 0) is 13.0 Å². The molecule has 2 aromatic heterocycles. The number of aromatic nitrogens is 3. The first-order chi connectivity index (χ1) is 9.31. The van der Waals surface area contributed by atoms with Crippen LogP contribution in [0.3, 0.4) is 0 Å². The Morgan fingerprint density at radius 1 is 1.26 bits per heavy atom. The highest BCUT2D eigenvalue weighted by Gasteiger charge is 2.18. The lowest BCUT2D eigenvalue weighted by molar-refractivity contribution is 0.247. The van der Waals surface area contributed by atoms with E-state index in [1.807, 2.05) is 6.07 Å². The third-order valence-corrected chi connectivity index (χ3v) is 4.14. The molecule has 1 fully saturated rings. The molecule has 0 aliphatic carbocycles. The number of nitrogens with zero attached hydrogens (tertiary/aromatic N) is 5. The molecule has 0 atom stereocenters. The smallest absolute Gasteiger partial charge is 0.131 e. The third-order valence-electron chi connectivity index (χ3n) is 3.31. The monoisotopic (exact) mass is 275 g/mol. The minimum atomic E-state index is 0.960. The van der Waals surface area contributed by atoms with Crippen LogP contribution in [-0.2, 0) is 6.54 Å². The minimum Gasteiger partial charge on any atom is -0.354 e. The molecule has 0 saturated carbocycles. The summed E-state index contributed by atoms with van der Waals surface area (Å²) in [6.07, 6.45) is 3.41. The number of aryl methyl sites for hydroxylation is 1. The summed E-state index contributed by atoms with van der Waals surface area (Å²) in [5.41, 5.74) is 1.19. The van der Waals surface area contributed by atoms with Crippen LogP contribution in [0.4, 0.5) is 5.82 Å². The highest BCUT2D eigenvalue weighted by molar-refractivity contribution is 7.09. The van der Waals surface area contributed by atoms with Crippen molar-refractivity contribution in [2.24, 2.45) is 0 Å². The molecule has 3 heterocycles. The maximum atomic E-state index is 4.52. The molecule has 0 unspecified atom stereocenters. The van der Waals surface area contributed by atoms with Crippen molar-refractivity contribution in [2.45, 2.75) is 13.5 Å². The normalized spacial score (nSPS) is 16.8. The molecule has 1 saturated heterocycles. The average Bonchev–Trinajstić information content (AvgIpc) is 2.86. The Kier molecular flexibility index (Phi) is 3.70. The van der Waals surface area contributed by atoms with Gasteiger partial charge in [0.1, 0.15) is 12.1 Å². The van der Waals surface area contributed by atoms with Crippen molar-refractivity contribution in [3.63, 3.8) is 0 Å². The molecular weight excluding hydrogens is 258 g/mol. The van der Waals surface area contributed by atoms with Gasteiger partial charge in [-0.15, -0.1) is 11.3 Å². The number of hydrogen-bond acceptors (Lipinski definition) is 6. The van der Waals surface area contributed by atoms with Crippen molar-refractivity contribution >= 4 is 17.2 Å². The van der Waals surface area contributed by atoms with Crippen LogP contribution in [0.2, 0.25) is 0 Å². The van der Waals surface area contributed by atoms with Crippen molar-refractivity contribution in [1.29, 1.82) is 0 Å². The Balaban J connectivity index is 1.55. The molecular formula is C13H17N5S. The number of anilines is 1. The molecule has 0 bridgehead atoms. The molecule has 0 N–H and O–H groups in total. The van der Waals surface area contributed by atoms with E-state index in [0.29, 0.717) is 0 Å². The second kappa shape index (κ2) is 5.63. The second-order valence-electron chi connectivity index (χ2n) is 4.69. The Hall–Kier alpha value is -1.53. The summed E-state index contributed by atoms with van der Waals surface area (Å²) in [5.74, 6) is 1.03. The summed E-state index contributed by atoms with van der Waals surface area (Å²) < 4.78 is 0. The molecule has 1 aliphatic rings. The van der Waals surface area contributed by atoms with Crippen LogP contribution in [-0.4, -0.2) is 46.0 Å². The molecule has 2 aromatic rings. The zero-order valence-electron chi connectivity index (χ0n) is 11.0. The van der Waals surface area contributed by atoms with Crippen molar-refractivity contribution in [3.05, 3.63) is 34.7 Å². The number of rotatable bonds is 3. The van der Waals surface area contributed by atoms with Gasteiger partial charge in [0.05, 0.1) is 10.7 Å². The van der Waals surface area contributed by atoms with Gasteiger partial charge in [-0.3, -0.25) is 4.90 Å². The molecule has 1 aliphatic heterocycles. The van der Waals surface area contributed by atoms with E-state index >= 15 is 0 Å². The predicted molar refractivity (Wildman–Crippen MR) is 76.4 cm³/mol. The largest absolute Gasteiger partial charge is 0.354 e. The van der Waals surface area contributed by atoms with Gasteiger partial charge in [0.2, 0.25) is 0 Å². The highest BCUT2D eigenvalue weighted by Crippen LogP contribution is 2.15. The van der Waals surface area contributed by atoms with Crippen LogP contribution in [0.25, 0.3) is 0 Å². The molecule has 3 rings (SSSR count). The van der Waals surface area contributed by atoms with Gasteiger partial charge >= 0.3 is 0 Å². The minimum absolute atomic E-state index is 0.960. The maximum Gasteiger partial charge on any atom is 0.131 e. The number of hydrogen-bond donors (Lipinski definition) is 0. The van der Waals surface area contributed by atoms with Crippen molar-refractivity contribution in [3.8, 4) is 0 Å². The predicted octanol–water partition coefficient (Wildman–Crippen LogP) is 1.56. The zero-order chi connectivity index (χ0) is 13.1. The zero-order valence-corrected chi connectivity index (χ0v) is 11.8. The Morgan fingerprint density at radius 2 is 2.11 bits per heavy atom. The van der Waals surface area contributed by atoms with Crippen LogP contribution in [0.5, 0.6) is 0 Å². The average molecular weight is 275 g/mol. The van der Waals surface area contributed by atoms with Crippen LogP contribution in [0.1, 0.15) is 10.7 Å². The fraction of sp³-hybridized carbons (Fsp3) is 0.462. The van der Waals surface area contributed by atoms with E-state index in [2.05, 4.69) is 37.1 Å². The molecule has 6 heteroatoms. The lowest BCUT2D eigenvalue weighted by Crippen LogP contribution is -2.46. The van der Waals surface area contributed by atoms with Gasteiger partial charge in [0.15, 0.2) is 0 Å². The molecule has 0 aromatic carbocycles. The quantitative estimate of drug-likeness (QED) is 0.850. The lowest BCUT2D eigenvalue weighted by atomic mass is 10.3. The van der Waals surface area contributed by atoms with E-state index < -0.39 is 0 Å². The van der Waals surface area contributed by atoms with Crippen molar-refractivity contribution in [2.75, 3.05) is 31.1 Å². The summed E-state index contributed by atoms with van der Waals surface area (Å²) in [4.78, 5) is 17.5. The van der Waals surface area contributed by atoms with Gasteiger partial charge < -0.3 is 4.90 Å². The highest BCUT2D eigenvalue weighted by atomic mass is 32.1. The standard InChI is InChI=1S/C13H17N5S/c1-11-16-12(9-19-11)8-17-4-6-18(7-5-17)13-2-3-14-10-15-13/h2-3,9-10H,4-8H2,1H3. The molecule has 5 nitrogen and oxygen atoms in total. The third kappa shape index (κ3) is 3.08. The van der Waals surface area contributed by atoms with E-state index in [1.54, 1.807) is 23.9 Å². The summed E-state index contributed by atoms with van der Waals surface area (Å²) >= 11 is 1.73. The van der Waals surface area contributed by atoms with Crippen LogP contribution >= 0.6 is 11.3 Å². The first-order valence-corrected chi connectivity index (χ1v) is 7.33. The first kappa shape index (κ1) is 12.5. The number of piperazine rings is 1. The topological polar surface area (TPSA) is 45.2 Å². The van der Waals surface area contributed by atoms with E-state index in [0.717, 1.165) is 43.5 Å². The van der Waals surface area contributed by atoms with E-state index in [-0.39, 0.29) is 0 Å². The van der Waals surface area contributed by atoms with Crippen molar-refractivity contribution < 1.29 is 0 Å². The Bertz CT molecular complexity index is 519. The SMILES string of the molecule is Cc1nc(CN2CCN(c3ccncn3)CC2)cs1. The summed E-state index contributed by atoms with van der Waals surface area (Å²) in [7, 11) is 0. The van der Waals surface area contributed by atoms with Crippen LogP contribution in [0.15, 0.2) is 24.0 Å². The van der Waals surface area contributed by atoms with Crippen molar-refractivity contribution in [1.82, 2.24) is 19.9 Å². The molecule has 0 radical (unpaired) electrons. The summed E-state index contributed by atoms with van der Waals surface area (Å²) in [5, 5.41) is 3.31. The van der Waals surface area contributed by atoms with Gasteiger partial charge in [0.25, 0.3) is 0 Å². The fourth-order valence-electron chi connectivity index (χ4n) is 2.32.